The van der Waals surface area contributed by atoms with Gasteiger partial charge in [0, 0.05) is 6.42 Å². The lowest BCUT2D eigenvalue weighted by Crippen LogP contribution is -2.65. The Bertz CT molecular complexity index is 1620. The van der Waals surface area contributed by atoms with Crippen LogP contribution in [0.1, 0.15) is 245 Å². The molecule has 2 rings (SSSR count). The molecule has 464 valence electrons. The van der Waals surface area contributed by atoms with Crippen LogP contribution in [0.3, 0.4) is 0 Å². The Hall–Kier alpha value is -2.57. The molecule has 1 amide bonds. The first-order valence-electron chi connectivity index (χ1n) is 32.2. The zero-order valence-electron chi connectivity index (χ0n) is 50.1. The average molecular weight is 1130 g/mol. The van der Waals surface area contributed by atoms with Crippen molar-refractivity contribution in [2.75, 3.05) is 19.8 Å². The standard InChI is InChI=1S/C66H117NO13/c1-3-5-7-9-11-13-15-17-19-21-23-25-27-29-31-33-35-37-39-41-43-45-47-49-55(70)54(53-77-65-63(76)61(74)64(57(52-69)79-65)80-66-62(75)60(73)59(72)56(51-68)78-66)67-58(71)50-48-46-44-42-40-38-36-34-32-30-28-26-24-22-20-18-16-14-12-10-8-6-4-2/h6,8,12,14,18,20,24,26,39,41,47,49,54-57,59-66,68-70,72-76H,3-5,7,9-11,13,15-17,19,21-23,25,27-38,40,42-46,48,50-53H2,1-2H3,(H,67,71)/b8-6-,14-12-,20-18-,26-24-,41-39+,49-47+. The van der Waals surface area contributed by atoms with Crippen molar-refractivity contribution in [2.24, 2.45) is 0 Å². The van der Waals surface area contributed by atoms with E-state index in [0.717, 1.165) is 64.2 Å². The number of unbranched alkanes of at least 4 members (excludes halogenated alkanes) is 28. The number of nitrogens with one attached hydrogen (secondary N) is 1. The van der Waals surface area contributed by atoms with E-state index in [9.17, 15) is 45.6 Å². The number of hydrogen-bond donors (Lipinski definition) is 9. The summed E-state index contributed by atoms with van der Waals surface area (Å²) in [7, 11) is 0. The second-order valence-electron chi connectivity index (χ2n) is 22.5. The molecule has 2 heterocycles. The molecule has 0 radical (unpaired) electrons. The molecule has 0 saturated carbocycles. The van der Waals surface area contributed by atoms with E-state index < -0.39 is 86.8 Å². The van der Waals surface area contributed by atoms with Gasteiger partial charge < -0.3 is 65.1 Å². The van der Waals surface area contributed by atoms with Crippen LogP contribution in [-0.4, -0.2) is 140 Å². The third kappa shape index (κ3) is 35.5. The third-order valence-electron chi connectivity index (χ3n) is 15.4. The number of rotatable bonds is 51. The first-order chi connectivity index (χ1) is 39.1. The molecule has 80 heavy (non-hydrogen) atoms. The van der Waals surface area contributed by atoms with Gasteiger partial charge in [0.25, 0.3) is 0 Å². The van der Waals surface area contributed by atoms with Crippen LogP contribution in [0.15, 0.2) is 72.9 Å². The van der Waals surface area contributed by atoms with Gasteiger partial charge in [-0.2, -0.15) is 0 Å². The Labute approximate surface area is 485 Å². The van der Waals surface area contributed by atoms with E-state index in [1.165, 1.54) is 148 Å². The number of ether oxygens (including phenoxy) is 4. The second-order valence-corrected chi connectivity index (χ2v) is 22.5. The van der Waals surface area contributed by atoms with Crippen molar-refractivity contribution in [1.82, 2.24) is 5.32 Å². The maximum Gasteiger partial charge on any atom is 0.220 e. The summed E-state index contributed by atoms with van der Waals surface area (Å²) >= 11 is 0. The fraction of sp³-hybridized carbons (Fsp3) is 0.803. The Balaban J connectivity index is 1.75. The lowest BCUT2D eigenvalue weighted by Gasteiger charge is -2.46. The predicted molar refractivity (Wildman–Crippen MR) is 323 cm³/mol. The fourth-order valence-corrected chi connectivity index (χ4v) is 10.2. The normalized spacial score (nSPS) is 24.7. The first-order valence-corrected chi connectivity index (χ1v) is 32.2. The van der Waals surface area contributed by atoms with Gasteiger partial charge >= 0.3 is 0 Å². The third-order valence-corrected chi connectivity index (χ3v) is 15.4. The highest BCUT2D eigenvalue weighted by Gasteiger charge is 2.51. The Morgan fingerprint density at radius 3 is 1.38 bits per heavy atom. The van der Waals surface area contributed by atoms with Crippen LogP contribution in [0.5, 0.6) is 0 Å². The van der Waals surface area contributed by atoms with Crippen molar-refractivity contribution >= 4 is 5.91 Å². The van der Waals surface area contributed by atoms with Crippen LogP contribution in [-0.2, 0) is 23.7 Å². The summed E-state index contributed by atoms with van der Waals surface area (Å²) in [6.45, 7) is 2.68. The highest BCUT2D eigenvalue weighted by Crippen LogP contribution is 2.30. The van der Waals surface area contributed by atoms with Crippen LogP contribution in [0.2, 0.25) is 0 Å². The summed E-state index contributed by atoms with van der Waals surface area (Å²) in [5, 5.41) is 87.3. The molecule has 2 fully saturated rings. The molecular formula is C66H117NO13. The molecule has 12 atom stereocenters. The Morgan fingerprint density at radius 1 is 0.463 bits per heavy atom. The molecule has 2 aliphatic heterocycles. The van der Waals surface area contributed by atoms with Gasteiger partial charge in [-0.05, 0) is 70.6 Å². The van der Waals surface area contributed by atoms with Crippen LogP contribution >= 0.6 is 0 Å². The highest BCUT2D eigenvalue weighted by molar-refractivity contribution is 5.76. The zero-order chi connectivity index (χ0) is 58.1. The molecule has 2 aliphatic rings. The fourth-order valence-electron chi connectivity index (χ4n) is 10.2. The number of hydrogen-bond acceptors (Lipinski definition) is 13. The monoisotopic (exact) mass is 1130 g/mol. The van der Waals surface area contributed by atoms with E-state index in [1.54, 1.807) is 6.08 Å². The number of carbonyl (C=O) groups is 1. The van der Waals surface area contributed by atoms with E-state index >= 15 is 0 Å². The molecule has 14 heteroatoms. The molecular weight excluding hydrogens is 1010 g/mol. The lowest BCUT2D eigenvalue weighted by atomic mass is 9.97. The number of aliphatic hydroxyl groups is 8. The van der Waals surface area contributed by atoms with Crippen molar-refractivity contribution in [1.29, 1.82) is 0 Å². The van der Waals surface area contributed by atoms with Gasteiger partial charge in [-0.25, -0.2) is 0 Å². The lowest BCUT2D eigenvalue weighted by molar-refractivity contribution is -0.359. The van der Waals surface area contributed by atoms with Crippen molar-refractivity contribution in [2.45, 2.75) is 319 Å². The van der Waals surface area contributed by atoms with E-state index in [1.807, 2.05) is 6.08 Å². The summed E-state index contributed by atoms with van der Waals surface area (Å²) < 4.78 is 22.8. The van der Waals surface area contributed by atoms with Gasteiger partial charge in [0.05, 0.1) is 32.0 Å². The molecule has 0 bridgehead atoms. The minimum Gasteiger partial charge on any atom is -0.394 e. The predicted octanol–water partition coefficient (Wildman–Crippen LogP) is 11.9. The molecule has 0 aromatic carbocycles. The maximum atomic E-state index is 13.3. The maximum absolute atomic E-state index is 13.3. The summed E-state index contributed by atoms with van der Waals surface area (Å²) in [5.41, 5.74) is 0. The van der Waals surface area contributed by atoms with Gasteiger partial charge in [-0.1, -0.05) is 241 Å². The van der Waals surface area contributed by atoms with Gasteiger partial charge in [0.15, 0.2) is 12.6 Å². The molecule has 2 saturated heterocycles. The van der Waals surface area contributed by atoms with Crippen molar-refractivity contribution < 1.29 is 64.6 Å². The molecule has 0 aromatic rings. The Morgan fingerprint density at radius 2 is 0.875 bits per heavy atom. The average Bonchev–Trinajstić information content (AvgIpc) is 3.46. The molecule has 0 spiro atoms. The summed E-state index contributed by atoms with van der Waals surface area (Å²) in [5.74, 6) is -0.255. The number of amides is 1. The van der Waals surface area contributed by atoms with Crippen molar-refractivity contribution in [3.63, 3.8) is 0 Å². The van der Waals surface area contributed by atoms with E-state index in [2.05, 4.69) is 79.9 Å². The van der Waals surface area contributed by atoms with Crippen LogP contribution < -0.4 is 5.32 Å². The summed E-state index contributed by atoms with van der Waals surface area (Å²) in [6, 6.07) is -0.938. The van der Waals surface area contributed by atoms with Crippen LogP contribution in [0, 0.1) is 0 Å². The van der Waals surface area contributed by atoms with Crippen LogP contribution in [0.25, 0.3) is 0 Å². The minimum absolute atomic E-state index is 0.255. The van der Waals surface area contributed by atoms with Gasteiger partial charge in [0.2, 0.25) is 5.91 Å². The quantitative estimate of drug-likeness (QED) is 0.0204. The second kappa shape index (κ2) is 50.9. The zero-order valence-corrected chi connectivity index (χ0v) is 50.1. The van der Waals surface area contributed by atoms with Gasteiger partial charge in [-0.15, -0.1) is 0 Å². The first kappa shape index (κ1) is 73.5. The number of carbonyl (C=O) groups excluding carboxylic acids is 1. The van der Waals surface area contributed by atoms with Crippen LogP contribution in [0.4, 0.5) is 0 Å². The van der Waals surface area contributed by atoms with E-state index in [-0.39, 0.29) is 18.9 Å². The van der Waals surface area contributed by atoms with E-state index in [4.69, 9.17) is 18.9 Å². The summed E-state index contributed by atoms with van der Waals surface area (Å²) in [6.07, 6.45) is 50.8. The molecule has 0 aromatic heterocycles. The number of aliphatic hydroxyl groups excluding tert-OH is 8. The summed E-state index contributed by atoms with van der Waals surface area (Å²) in [4.78, 5) is 13.3. The van der Waals surface area contributed by atoms with Crippen molar-refractivity contribution in [3.8, 4) is 0 Å². The van der Waals surface area contributed by atoms with E-state index in [0.29, 0.717) is 12.8 Å². The van der Waals surface area contributed by atoms with Crippen molar-refractivity contribution in [3.05, 3.63) is 72.9 Å². The SMILES string of the molecule is CC/C=C\C/C=C\C/C=C\C/C=C\CCCCCCCCCCCCC(=O)NC(COC1OC(CO)C(OC2OC(CO)C(O)C(O)C2O)C(O)C1O)C(O)/C=C/CC/C=C/CCCCCCCCCCCCCCCCCCC. The van der Waals surface area contributed by atoms with Gasteiger partial charge in [0.1, 0.15) is 48.8 Å². The molecule has 14 nitrogen and oxygen atoms in total. The van der Waals surface area contributed by atoms with Gasteiger partial charge in [-0.3, -0.25) is 4.79 Å². The topological polar surface area (TPSA) is 228 Å². The smallest absolute Gasteiger partial charge is 0.220 e. The largest absolute Gasteiger partial charge is 0.394 e. The highest BCUT2D eigenvalue weighted by atomic mass is 16.7. The Kier molecular flexibility index (Phi) is 46.8. The molecule has 0 aliphatic carbocycles. The minimum atomic E-state index is -1.79. The number of allylic oxidation sites excluding steroid dienone is 11. The molecule has 12 unspecified atom stereocenters. The molecule has 9 N–H and O–H groups in total.